The summed E-state index contributed by atoms with van der Waals surface area (Å²) in [5, 5.41) is 2.94. The maximum atomic E-state index is 13.1. The molecule has 1 saturated heterocycles. The van der Waals surface area contributed by atoms with Gasteiger partial charge in [-0.2, -0.15) is 0 Å². The van der Waals surface area contributed by atoms with Crippen molar-refractivity contribution in [3.05, 3.63) is 30.1 Å². The number of benzene rings is 1. The van der Waals surface area contributed by atoms with Gasteiger partial charge in [0, 0.05) is 31.1 Å². The zero-order valence-electron chi connectivity index (χ0n) is 14.4. The summed E-state index contributed by atoms with van der Waals surface area (Å²) in [5.74, 6) is 0.233. The number of hydrogen-bond donors (Lipinski definition) is 1. The van der Waals surface area contributed by atoms with Gasteiger partial charge in [0.2, 0.25) is 5.91 Å². The Morgan fingerprint density at radius 3 is 2.56 bits per heavy atom. The molecule has 0 unspecified atom stereocenters. The molecular weight excluding hydrogens is 323 g/mol. The van der Waals surface area contributed by atoms with Crippen LogP contribution in [0, 0.1) is 11.7 Å². The van der Waals surface area contributed by atoms with E-state index in [9.17, 15) is 14.0 Å². The summed E-state index contributed by atoms with van der Waals surface area (Å²) in [5.41, 5.74) is 0. The minimum atomic E-state index is -0.391. The summed E-state index contributed by atoms with van der Waals surface area (Å²) in [7, 11) is 0. The minimum Gasteiger partial charge on any atom is -0.484 e. The smallest absolute Gasteiger partial charge is 0.258 e. The van der Waals surface area contributed by atoms with Gasteiger partial charge in [0.1, 0.15) is 11.6 Å². The van der Waals surface area contributed by atoms with Crippen molar-refractivity contribution in [1.82, 2.24) is 10.2 Å². The van der Waals surface area contributed by atoms with E-state index in [4.69, 9.17) is 4.74 Å². The maximum absolute atomic E-state index is 13.1. The standard InChI is InChI=1S/C19H25FN2O3/c20-15-6-3-7-17(12-15)25-13-18(23)21-16-8-10-22(11-9-16)19(24)14-4-1-2-5-14/h3,6-7,12,14,16H,1-2,4-5,8-11,13H2,(H,21,23). The molecule has 2 amide bonds. The predicted octanol–water partition coefficient (Wildman–Crippen LogP) is 2.50. The van der Waals surface area contributed by atoms with E-state index in [1.165, 1.54) is 12.1 Å². The van der Waals surface area contributed by atoms with Gasteiger partial charge in [-0.25, -0.2) is 4.39 Å². The molecule has 2 fully saturated rings. The summed E-state index contributed by atoms with van der Waals surface area (Å²) in [6, 6.07) is 5.80. The maximum Gasteiger partial charge on any atom is 0.258 e. The van der Waals surface area contributed by atoms with Gasteiger partial charge in [-0.1, -0.05) is 18.9 Å². The van der Waals surface area contributed by atoms with Gasteiger partial charge in [-0.15, -0.1) is 0 Å². The van der Waals surface area contributed by atoms with Crippen molar-refractivity contribution in [3.8, 4) is 5.75 Å². The molecule has 0 aromatic heterocycles. The lowest BCUT2D eigenvalue weighted by Crippen LogP contribution is -2.48. The lowest BCUT2D eigenvalue weighted by Gasteiger charge is -2.33. The first kappa shape index (κ1) is 17.7. The van der Waals surface area contributed by atoms with Crippen LogP contribution in [0.2, 0.25) is 0 Å². The first-order chi connectivity index (χ1) is 12.1. The molecule has 0 bridgehead atoms. The van der Waals surface area contributed by atoms with Crippen molar-refractivity contribution < 1.29 is 18.7 Å². The number of piperidine rings is 1. The Morgan fingerprint density at radius 1 is 1.16 bits per heavy atom. The number of likely N-dealkylation sites (tertiary alicyclic amines) is 1. The molecule has 0 radical (unpaired) electrons. The van der Waals surface area contributed by atoms with Crippen LogP contribution in [0.1, 0.15) is 38.5 Å². The highest BCUT2D eigenvalue weighted by molar-refractivity contribution is 5.79. The van der Waals surface area contributed by atoms with E-state index in [0.29, 0.717) is 18.8 Å². The number of ether oxygens (including phenoxy) is 1. The van der Waals surface area contributed by atoms with Crippen molar-refractivity contribution in [2.45, 2.75) is 44.6 Å². The first-order valence-electron chi connectivity index (χ1n) is 9.08. The number of halogens is 1. The summed E-state index contributed by atoms with van der Waals surface area (Å²) in [6.45, 7) is 1.26. The number of hydrogen-bond acceptors (Lipinski definition) is 3. The third kappa shape index (κ3) is 4.94. The van der Waals surface area contributed by atoms with Gasteiger partial charge in [-0.3, -0.25) is 9.59 Å². The normalized spacial score (nSPS) is 19.0. The Hall–Kier alpha value is -2.11. The molecule has 136 valence electrons. The van der Waals surface area contributed by atoms with Gasteiger partial charge < -0.3 is 15.0 Å². The fraction of sp³-hybridized carbons (Fsp3) is 0.579. The average molecular weight is 348 g/mol. The average Bonchev–Trinajstić information content (AvgIpc) is 3.15. The van der Waals surface area contributed by atoms with Crippen molar-refractivity contribution >= 4 is 11.8 Å². The second-order valence-corrected chi connectivity index (χ2v) is 6.89. The highest BCUT2D eigenvalue weighted by atomic mass is 19.1. The molecule has 5 nitrogen and oxygen atoms in total. The molecule has 1 heterocycles. The van der Waals surface area contributed by atoms with Gasteiger partial charge >= 0.3 is 0 Å². The van der Waals surface area contributed by atoms with Gasteiger partial charge in [0.15, 0.2) is 6.61 Å². The second-order valence-electron chi connectivity index (χ2n) is 6.89. The van der Waals surface area contributed by atoms with Gasteiger partial charge in [0.05, 0.1) is 0 Å². The minimum absolute atomic E-state index is 0.0660. The Kier molecular flexibility index (Phi) is 5.89. The molecule has 0 atom stereocenters. The molecule has 2 aliphatic rings. The first-order valence-corrected chi connectivity index (χ1v) is 9.08. The Bertz CT molecular complexity index is 608. The molecule has 0 spiro atoms. The molecule has 1 N–H and O–H groups in total. The highest BCUT2D eigenvalue weighted by Crippen LogP contribution is 2.27. The molecule has 1 saturated carbocycles. The quantitative estimate of drug-likeness (QED) is 0.889. The van der Waals surface area contributed by atoms with Crippen LogP contribution >= 0.6 is 0 Å². The summed E-state index contributed by atoms with van der Waals surface area (Å²) < 4.78 is 18.4. The Labute approximate surface area is 147 Å². The fourth-order valence-electron chi connectivity index (χ4n) is 3.65. The number of carbonyl (C=O) groups is 2. The van der Waals surface area contributed by atoms with Gasteiger partial charge in [0.25, 0.3) is 5.91 Å². The second kappa shape index (κ2) is 8.32. The number of rotatable bonds is 5. The summed E-state index contributed by atoms with van der Waals surface area (Å²) in [6.07, 6.45) is 5.90. The Balaban J connectivity index is 1.38. The van der Waals surface area contributed by atoms with Crippen molar-refractivity contribution in [3.63, 3.8) is 0 Å². The van der Waals surface area contributed by atoms with E-state index in [1.54, 1.807) is 12.1 Å². The van der Waals surface area contributed by atoms with Crippen LogP contribution in [0.5, 0.6) is 5.75 Å². The van der Waals surface area contributed by atoms with Crippen LogP contribution in [-0.2, 0) is 9.59 Å². The van der Waals surface area contributed by atoms with Crippen molar-refractivity contribution in [2.24, 2.45) is 5.92 Å². The summed E-state index contributed by atoms with van der Waals surface area (Å²) >= 11 is 0. The van der Waals surface area contributed by atoms with Crippen LogP contribution < -0.4 is 10.1 Å². The van der Waals surface area contributed by atoms with E-state index in [2.05, 4.69) is 5.32 Å². The van der Waals surface area contributed by atoms with E-state index in [0.717, 1.165) is 38.5 Å². The molecule has 3 rings (SSSR count). The van der Waals surface area contributed by atoms with Crippen molar-refractivity contribution in [2.75, 3.05) is 19.7 Å². The molecule has 6 heteroatoms. The van der Waals surface area contributed by atoms with Crippen LogP contribution in [0.3, 0.4) is 0 Å². The molecule has 1 aliphatic carbocycles. The van der Waals surface area contributed by atoms with E-state index in [-0.39, 0.29) is 30.4 Å². The highest BCUT2D eigenvalue weighted by Gasteiger charge is 2.30. The number of carbonyl (C=O) groups excluding carboxylic acids is 2. The largest absolute Gasteiger partial charge is 0.484 e. The zero-order chi connectivity index (χ0) is 17.6. The monoisotopic (exact) mass is 348 g/mol. The predicted molar refractivity (Wildman–Crippen MR) is 91.6 cm³/mol. The zero-order valence-corrected chi connectivity index (χ0v) is 14.4. The van der Waals surface area contributed by atoms with E-state index in [1.807, 2.05) is 4.90 Å². The van der Waals surface area contributed by atoms with E-state index >= 15 is 0 Å². The molecule has 1 aromatic carbocycles. The molecule has 1 aromatic rings. The van der Waals surface area contributed by atoms with Crippen LogP contribution in [0.4, 0.5) is 4.39 Å². The SMILES string of the molecule is O=C(COc1cccc(F)c1)NC1CCN(C(=O)C2CCCC2)CC1. The van der Waals surface area contributed by atoms with Crippen molar-refractivity contribution in [1.29, 1.82) is 0 Å². The van der Waals surface area contributed by atoms with Crippen LogP contribution in [0.15, 0.2) is 24.3 Å². The summed E-state index contributed by atoms with van der Waals surface area (Å²) in [4.78, 5) is 26.3. The lowest BCUT2D eigenvalue weighted by molar-refractivity contribution is -0.136. The van der Waals surface area contributed by atoms with Crippen LogP contribution in [0.25, 0.3) is 0 Å². The number of nitrogens with zero attached hydrogens (tertiary/aromatic N) is 1. The number of nitrogens with one attached hydrogen (secondary N) is 1. The Morgan fingerprint density at radius 2 is 1.88 bits per heavy atom. The number of amides is 2. The molecular formula is C19H25FN2O3. The third-order valence-corrected chi connectivity index (χ3v) is 5.04. The topological polar surface area (TPSA) is 58.6 Å². The van der Waals surface area contributed by atoms with E-state index < -0.39 is 5.82 Å². The molecule has 1 aliphatic heterocycles. The fourth-order valence-corrected chi connectivity index (χ4v) is 3.65. The van der Waals surface area contributed by atoms with Gasteiger partial charge in [-0.05, 0) is 37.8 Å². The van der Waals surface area contributed by atoms with Crippen LogP contribution in [-0.4, -0.2) is 42.5 Å². The lowest BCUT2D eigenvalue weighted by atomic mass is 10.0. The molecule has 25 heavy (non-hydrogen) atoms. The third-order valence-electron chi connectivity index (χ3n) is 5.04.